The van der Waals surface area contributed by atoms with Crippen LogP contribution in [0, 0.1) is 6.92 Å². The molecule has 1 aromatic carbocycles. The number of allylic oxidation sites excluding steroid dienone is 1. The van der Waals surface area contributed by atoms with Crippen molar-refractivity contribution in [2.24, 2.45) is 4.99 Å². The lowest BCUT2D eigenvalue weighted by Crippen LogP contribution is -2.50. The van der Waals surface area contributed by atoms with Crippen LogP contribution >= 0.6 is 11.8 Å². The minimum atomic E-state index is -3.49. The number of amides is 2. The van der Waals surface area contributed by atoms with E-state index in [2.05, 4.69) is 17.6 Å². The lowest BCUT2D eigenvalue weighted by atomic mass is 9.89. The van der Waals surface area contributed by atoms with Crippen molar-refractivity contribution in [3.63, 3.8) is 0 Å². The Balaban J connectivity index is 1.39. The van der Waals surface area contributed by atoms with Crippen LogP contribution in [0.15, 0.2) is 33.8 Å². The van der Waals surface area contributed by atoms with Crippen LogP contribution < -0.4 is 10.6 Å². The largest absolute Gasteiger partial charge is 0.376 e. The van der Waals surface area contributed by atoms with E-state index >= 15 is 0 Å². The standard InChI is InChI=1S/C24H33N5O4S2/c1-15-14-19(22(30)28(4)5)7-6-18(15)8-13-35(32,33)29-11-9-24(10-12-29)23(31)26-21(27-24)20-16(2)25-17(3)34-20/h6-7,14,17,25H,8-13H2,1-5H3,(H,26,27,31). The summed E-state index contributed by atoms with van der Waals surface area (Å²) in [5.74, 6) is 0.347. The third-order valence-corrected chi connectivity index (χ3v) is 9.90. The summed E-state index contributed by atoms with van der Waals surface area (Å²) < 4.78 is 27.6. The molecule has 190 valence electrons. The summed E-state index contributed by atoms with van der Waals surface area (Å²) in [6.45, 7) is 6.44. The third kappa shape index (κ3) is 5.12. The minimum absolute atomic E-state index is 0.0190. The van der Waals surface area contributed by atoms with E-state index < -0.39 is 15.6 Å². The average molecular weight is 520 g/mol. The minimum Gasteiger partial charge on any atom is -0.376 e. The van der Waals surface area contributed by atoms with Gasteiger partial charge in [0.1, 0.15) is 11.4 Å². The Bertz CT molecular complexity index is 1210. The molecule has 2 amide bonds. The topological polar surface area (TPSA) is 111 Å². The number of nitrogens with one attached hydrogen (secondary N) is 2. The SMILES string of the molecule is CC1=C(C2=NC3(CCN(S(=O)(=O)CCc4ccc(C(=O)N(C)C)cc4C)CC3)C(=O)N2)SC(C)N1. The van der Waals surface area contributed by atoms with Gasteiger partial charge < -0.3 is 15.5 Å². The van der Waals surface area contributed by atoms with E-state index in [4.69, 9.17) is 4.99 Å². The summed E-state index contributed by atoms with van der Waals surface area (Å²) in [6.07, 6.45) is 1.09. The van der Waals surface area contributed by atoms with Gasteiger partial charge in [-0.2, -0.15) is 0 Å². The Morgan fingerprint density at radius 3 is 2.51 bits per heavy atom. The van der Waals surface area contributed by atoms with Crippen LogP contribution in [-0.2, 0) is 21.2 Å². The molecule has 9 nitrogen and oxygen atoms in total. The summed E-state index contributed by atoms with van der Waals surface area (Å²) in [5.41, 5.74) is 2.48. The molecular formula is C24H33N5O4S2. The highest BCUT2D eigenvalue weighted by molar-refractivity contribution is 8.04. The van der Waals surface area contributed by atoms with Crippen molar-refractivity contribution in [1.29, 1.82) is 0 Å². The lowest BCUT2D eigenvalue weighted by molar-refractivity contribution is -0.124. The molecule has 1 saturated heterocycles. The van der Waals surface area contributed by atoms with Crippen molar-refractivity contribution in [1.82, 2.24) is 19.8 Å². The first-order chi connectivity index (χ1) is 16.4. The van der Waals surface area contributed by atoms with Crippen molar-refractivity contribution >= 4 is 39.4 Å². The number of amidine groups is 1. The van der Waals surface area contributed by atoms with E-state index in [1.165, 1.54) is 9.21 Å². The van der Waals surface area contributed by atoms with Gasteiger partial charge in [0.2, 0.25) is 10.0 Å². The van der Waals surface area contributed by atoms with Crippen LogP contribution in [0.3, 0.4) is 0 Å². The van der Waals surface area contributed by atoms with Gasteiger partial charge in [-0.15, -0.1) is 0 Å². The number of carbonyl (C=O) groups is 2. The molecule has 0 aliphatic carbocycles. The molecule has 1 aromatic rings. The molecule has 0 bridgehead atoms. The van der Waals surface area contributed by atoms with Gasteiger partial charge in [-0.05, 0) is 63.3 Å². The Labute approximate surface area is 211 Å². The van der Waals surface area contributed by atoms with Gasteiger partial charge >= 0.3 is 0 Å². The first kappa shape index (κ1) is 25.7. The van der Waals surface area contributed by atoms with Gasteiger partial charge in [-0.1, -0.05) is 17.8 Å². The second kappa shape index (κ2) is 9.59. The number of carbonyl (C=O) groups excluding carboxylic acids is 2. The Morgan fingerprint density at radius 2 is 1.94 bits per heavy atom. The predicted octanol–water partition coefficient (Wildman–Crippen LogP) is 1.85. The van der Waals surface area contributed by atoms with Crippen molar-refractivity contribution in [2.75, 3.05) is 32.9 Å². The molecular weight excluding hydrogens is 486 g/mol. The molecule has 0 aromatic heterocycles. The molecule has 0 saturated carbocycles. The Morgan fingerprint density at radius 1 is 1.26 bits per heavy atom. The normalized spacial score (nSPS) is 22.3. The molecule has 1 unspecified atom stereocenters. The number of piperidine rings is 1. The zero-order chi connectivity index (χ0) is 25.5. The molecule has 0 radical (unpaired) electrons. The summed E-state index contributed by atoms with van der Waals surface area (Å²) in [6, 6.07) is 5.38. The number of aliphatic imine (C=N–C) groups is 1. The van der Waals surface area contributed by atoms with Crippen molar-refractivity contribution in [3.05, 3.63) is 45.5 Å². The number of hydrogen-bond donors (Lipinski definition) is 2. The molecule has 3 aliphatic heterocycles. The molecule has 11 heteroatoms. The van der Waals surface area contributed by atoms with Crippen molar-refractivity contribution in [2.45, 2.75) is 50.9 Å². The highest BCUT2D eigenvalue weighted by Crippen LogP contribution is 2.37. The van der Waals surface area contributed by atoms with Gasteiger partial charge in [-0.25, -0.2) is 12.7 Å². The molecule has 3 aliphatic rings. The second-order valence-corrected chi connectivity index (χ2v) is 13.1. The molecule has 35 heavy (non-hydrogen) atoms. The summed E-state index contributed by atoms with van der Waals surface area (Å²) in [5, 5.41) is 6.48. The van der Waals surface area contributed by atoms with Crippen LogP contribution in [0.25, 0.3) is 0 Å². The van der Waals surface area contributed by atoms with Gasteiger partial charge in [-0.3, -0.25) is 14.6 Å². The predicted molar refractivity (Wildman–Crippen MR) is 139 cm³/mol. The van der Waals surface area contributed by atoms with E-state index in [0.29, 0.717) is 30.7 Å². The van der Waals surface area contributed by atoms with Gasteiger partial charge in [0.05, 0.1) is 16.0 Å². The quantitative estimate of drug-likeness (QED) is 0.593. The fourth-order valence-corrected chi connectivity index (χ4v) is 7.24. The second-order valence-electron chi connectivity index (χ2n) is 9.61. The molecule has 1 fully saturated rings. The summed E-state index contributed by atoms with van der Waals surface area (Å²) >= 11 is 1.63. The smallest absolute Gasteiger partial charge is 0.253 e. The van der Waals surface area contributed by atoms with Crippen LogP contribution in [0.2, 0.25) is 0 Å². The fourth-order valence-electron chi connectivity index (χ4n) is 4.73. The van der Waals surface area contributed by atoms with Crippen LogP contribution in [0.5, 0.6) is 0 Å². The summed E-state index contributed by atoms with van der Waals surface area (Å²) in [4.78, 5) is 32.3. The Kier molecular flexibility index (Phi) is 7.05. The lowest BCUT2D eigenvalue weighted by Gasteiger charge is -2.34. The zero-order valence-corrected chi connectivity index (χ0v) is 22.5. The molecule has 2 N–H and O–H groups in total. The van der Waals surface area contributed by atoms with E-state index in [-0.39, 0.29) is 36.0 Å². The van der Waals surface area contributed by atoms with Crippen LogP contribution in [0.4, 0.5) is 0 Å². The monoisotopic (exact) mass is 519 g/mol. The first-order valence-corrected chi connectivity index (χ1v) is 14.3. The Hall–Kier alpha value is -2.37. The molecule has 1 atom stereocenters. The third-order valence-electron chi connectivity index (χ3n) is 6.82. The van der Waals surface area contributed by atoms with Crippen LogP contribution in [0.1, 0.15) is 48.2 Å². The van der Waals surface area contributed by atoms with Crippen LogP contribution in [-0.4, -0.2) is 79.1 Å². The van der Waals surface area contributed by atoms with E-state index in [1.54, 1.807) is 38.0 Å². The summed E-state index contributed by atoms with van der Waals surface area (Å²) in [7, 11) is -0.0920. The molecule has 4 rings (SSSR count). The number of rotatable bonds is 6. The average Bonchev–Trinajstić information content (AvgIpc) is 3.30. The van der Waals surface area contributed by atoms with Crippen molar-refractivity contribution in [3.8, 4) is 0 Å². The molecule has 3 heterocycles. The van der Waals surface area contributed by atoms with Crippen molar-refractivity contribution < 1.29 is 18.0 Å². The number of nitrogens with zero attached hydrogens (tertiary/aromatic N) is 3. The molecule has 1 spiro atoms. The van der Waals surface area contributed by atoms with Gasteiger partial charge in [0.15, 0.2) is 0 Å². The highest BCUT2D eigenvalue weighted by Gasteiger charge is 2.48. The van der Waals surface area contributed by atoms with E-state index in [0.717, 1.165) is 21.7 Å². The zero-order valence-electron chi connectivity index (χ0n) is 20.8. The number of aryl methyl sites for hydroxylation is 2. The van der Waals surface area contributed by atoms with Gasteiger partial charge in [0.25, 0.3) is 11.8 Å². The van der Waals surface area contributed by atoms with E-state index in [9.17, 15) is 18.0 Å². The fraction of sp³-hybridized carbons (Fsp3) is 0.542. The maximum atomic E-state index is 13.1. The number of thioether (sulfide) groups is 1. The number of benzene rings is 1. The van der Waals surface area contributed by atoms with E-state index in [1.807, 2.05) is 19.9 Å². The maximum absolute atomic E-state index is 13.1. The highest BCUT2D eigenvalue weighted by atomic mass is 32.2. The van der Waals surface area contributed by atoms with Gasteiger partial charge in [0, 0.05) is 38.4 Å². The number of hydrogen-bond acceptors (Lipinski definition) is 7. The number of sulfonamides is 1. The maximum Gasteiger partial charge on any atom is 0.253 e. The first-order valence-electron chi connectivity index (χ1n) is 11.8.